The minimum Gasteiger partial charge on any atom is -0.389 e. The van der Waals surface area contributed by atoms with Crippen molar-refractivity contribution in [2.24, 2.45) is 5.92 Å². The lowest BCUT2D eigenvalue weighted by atomic mass is 9.76. The maximum absolute atomic E-state index is 10.6. The smallest absolute Gasteiger partial charge is 0.0702 e. The summed E-state index contributed by atoms with van der Waals surface area (Å²) in [7, 11) is 2.17. The molecular weight excluding hydrogens is 174 g/mol. The molecule has 2 aliphatic rings. The molecule has 1 heterocycles. The molecule has 2 unspecified atom stereocenters. The van der Waals surface area contributed by atoms with Crippen molar-refractivity contribution in [1.82, 2.24) is 4.90 Å². The maximum Gasteiger partial charge on any atom is 0.0702 e. The van der Waals surface area contributed by atoms with Crippen LogP contribution in [-0.2, 0) is 0 Å². The van der Waals surface area contributed by atoms with Crippen LogP contribution in [0.5, 0.6) is 0 Å². The average molecular weight is 197 g/mol. The molecule has 1 aliphatic carbocycles. The number of hydrogen-bond donors (Lipinski definition) is 1. The first-order valence-corrected chi connectivity index (χ1v) is 6.04. The van der Waals surface area contributed by atoms with Crippen molar-refractivity contribution in [2.75, 3.05) is 13.6 Å². The minimum absolute atomic E-state index is 0.331. The standard InChI is InChI=1S/C12H23NO/c1-10-9-12(14,7-8-13(10)2)11-5-3-4-6-11/h10-11,14H,3-9H2,1-2H3. The number of nitrogens with zero attached hydrogens (tertiary/aromatic N) is 1. The van der Waals surface area contributed by atoms with Gasteiger partial charge >= 0.3 is 0 Å². The fourth-order valence-electron chi connectivity index (χ4n) is 3.19. The molecule has 2 heteroatoms. The van der Waals surface area contributed by atoms with Crippen LogP contribution < -0.4 is 0 Å². The Morgan fingerprint density at radius 1 is 1.29 bits per heavy atom. The molecule has 2 fully saturated rings. The van der Waals surface area contributed by atoms with Crippen LogP contribution in [0.4, 0.5) is 0 Å². The van der Waals surface area contributed by atoms with Gasteiger partial charge in [-0.15, -0.1) is 0 Å². The zero-order chi connectivity index (χ0) is 10.2. The van der Waals surface area contributed by atoms with Gasteiger partial charge < -0.3 is 10.0 Å². The van der Waals surface area contributed by atoms with Crippen LogP contribution in [0.1, 0.15) is 45.4 Å². The average Bonchev–Trinajstić information content (AvgIpc) is 2.65. The van der Waals surface area contributed by atoms with E-state index in [0.29, 0.717) is 12.0 Å². The van der Waals surface area contributed by atoms with Gasteiger partial charge in [0.05, 0.1) is 5.60 Å². The molecule has 0 aromatic carbocycles. The van der Waals surface area contributed by atoms with E-state index in [0.717, 1.165) is 19.4 Å². The molecule has 0 aromatic rings. The predicted molar refractivity (Wildman–Crippen MR) is 58.2 cm³/mol. The number of piperidine rings is 1. The van der Waals surface area contributed by atoms with Crippen molar-refractivity contribution in [2.45, 2.75) is 57.1 Å². The van der Waals surface area contributed by atoms with Gasteiger partial charge in [0.2, 0.25) is 0 Å². The van der Waals surface area contributed by atoms with Gasteiger partial charge in [-0.2, -0.15) is 0 Å². The SMILES string of the molecule is CC1CC(O)(C2CCCC2)CCN1C. The summed E-state index contributed by atoms with van der Waals surface area (Å²) >= 11 is 0. The van der Waals surface area contributed by atoms with E-state index >= 15 is 0 Å². The highest BCUT2D eigenvalue weighted by molar-refractivity contribution is 4.95. The number of aliphatic hydroxyl groups is 1. The molecule has 0 spiro atoms. The lowest BCUT2D eigenvalue weighted by Gasteiger charge is -2.44. The minimum atomic E-state index is -0.331. The second kappa shape index (κ2) is 3.82. The van der Waals surface area contributed by atoms with Crippen molar-refractivity contribution in [3.05, 3.63) is 0 Å². The van der Waals surface area contributed by atoms with E-state index in [9.17, 15) is 5.11 Å². The van der Waals surface area contributed by atoms with E-state index in [1.807, 2.05) is 0 Å². The summed E-state index contributed by atoms with van der Waals surface area (Å²) < 4.78 is 0. The molecule has 82 valence electrons. The molecule has 1 N–H and O–H groups in total. The van der Waals surface area contributed by atoms with Crippen LogP contribution in [-0.4, -0.2) is 35.2 Å². The molecule has 0 radical (unpaired) electrons. The fraction of sp³-hybridized carbons (Fsp3) is 1.00. The van der Waals surface area contributed by atoms with Gasteiger partial charge in [0.25, 0.3) is 0 Å². The van der Waals surface area contributed by atoms with Crippen LogP contribution in [0.15, 0.2) is 0 Å². The summed E-state index contributed by atoms with van der Waals surface area (Å²) in [4.78, 5) is 2.36. The highest BCUT2D eigenvalue weighted by Gasteiger charge is 2.42. The van der Waals surface area contributed by atoms with E-state index in [-0.39, 0.29) is 5.60 Å². The topological polar surface area (TPSA) is 23.5 Å². The number of hydrogen-bond acceptors (Lipinski definition) is 2. The Morgan fingerprint density at radius 3 is 2.50 bits per heavy atom. The molecule has 1 saturated carbocycles. The van der Waals surface area contributed by atoms with E-state index in [4.69, 9.17) is 0 Å². The highest BCUT2D eigenvalue weighted by Crippen LogP contribution is 2.41. The van der Waals surface area contributed by atoms with E-state index in [1.54, 1.807) is 0 Å². The summed E-state index contributed by atoms with van der Waals surface area (Å²) in [6.07, 6.45) is 7.14. The first-order valence-electron chi connectivity index (χ1n) is 6.04. The molecule has 1 saturated heterocycles. The molecule has 2 nitrogen and oxygen atoms in total. The monoisotopic (exact) mass is 197 g/mol. The van der Waals surface area contributed by atoms with Crippen LogP contribution in [0.2, 0.25) is 0 Å². The Hall–Kier alpha value is -0.0800. The van der Waals surface area contributed by atoms with Gasteiger partial charge in [0.15, 0.2) is 0 Å². The summed E-state index contributed by atoms with van der Waals surface area (Å²) in [6, 6.07) is 0.550. The van der Waals surface area contributed by atoms with Crippen molar-refractivity contribution in [3.63, 3.8) is 0 Å². The normalized spacial score (nSPS) is 41.8. The van der Waals surface area contributed by atoms with Gasteiger partial charge in [-0.05, 0) is 45.6 Å². The number of rotatable bonds is 1. The first-order chi connectivity index (χ1) is 6.62. The zero-order valence-corrected chi connectivity index (χ0v) is 9.50. The van der Waals surface area contributed by atoms with Crippen molar-refractivity contribution >= 4 is 0 Å². The summed E-state index contributed by atoms with van der Waals surface area (Å²) in [5, 5.41) is 10.6. The number of likely N-dealkylation sites (tertiary alicyclic amines) is 1. The summed E-state index contributed by atoms with van der Waals surface area (Å²) in [6.45, 7) is 3.30. The third-order valence-electron chi connectivity index (χ3n) is 4.41. The van der Waals surface area contributed by atoms with Gasteiger partial charge in [-0.1, -0.05) is 12.8 Å². The second-order valence-electron chi connectivity index (χ2n) is 5.37. The maximum atomic E-state index is 10.6. The van der Waals surface area contributed by atoms with E-state index < -0.39 is 0 Å². The quantitative estimate of drug-likeness (QED) is 0.695. The third-order valence-corrected chi connectivity index (χ3v) is 4.41. The molecule has 0 amide bonds. The van der Waals surface area contributed by atoms with Gasteiger partial charge in [-0.25, -0.2) is 0 Å². The van der Waals surface area contributed by atoms with Gasteiger partial charge in [0, 0.05) is 12.6 Å². The molecule has 0 bridgehead atoms. The molecular formula is C12H23NO. The lowest BCUT2D eigenvalue weighted by molar-refractivity contribution is -0.0773. The Morgan fingerprint density at radius 2 is 1.93 bits per heavy atom. The van der Waals surface area contributed by atoms with Gasteiger partial charge in [-0.3, -0.25) is 0 Å². The van der Waals surface area contributed by atoms with Crippen molar-refractivity contribution in [3.8, 4) is 0 Å². The summed E-state index contributed by atoms with van der Waals surface area (Å²) in [5.74, 6) is 0.596. The zero-order valence-electron chi connectivity index (χ0n) is 9.50. The van der Waals surface area contributed by atoms with Crippen LogP contribution in [0, 0.1) is 5.92 Å². The van der Waals surface area contributed by atoms with Crippen molar-refractivity contribution < 1.29 is 5.11 Å². The fourth-order valence-corrected chi connectivity index (χ4v) is 3.19. The Balaban J connectivity index is 2.01. The lowest BCUT2D eigenvalue weighted by Crippen LogP contribution is -2.51. The van der Waals surface area contributed by atoms with Crippen molar-refractivity contribution in [1.29, 1.82) is 0 Å². The molecule has 14 heavy (non-hydrogen) atoms. The highest BCUT2D eigenvalue weighted by atomic mass is 16.3. The molecule has 2 atom stereocenters. The van der Waals surface area contributed by atoms with Crippen LogP contribution in [0.25, 0.3) is 0 Å². The molecule has 2 rings (SSSR count). The second-order valence-corrected chi connectivity index (χ2v) is 5.37. The largest absolute Gasteiger partial charge is 0.389 e. The van der Waals surface area contributed by atoms with Crippen LogP contribution >= 0.6 is 0 Å². The first kappa shape index (κ1) is 10.4. The Bertz CT molecular complexity index is 200. The molecule has 0 aromatic heterocycles. The summed E-state index contributed by atoms with van der Waals surface area (Å²) in [5.41, 5.74) is -0.331. The third kappa shape index (κ3) is 1.82. The van der Waals surface area contributed by atoms with Crippen LogP contribution in [0.3, 0.4) is 0 Å². The predicted octanol–water partition coefficient (Wildman–Crippen LogP) is 2.02. The Kier molecular flexibility index (Phi) is 2.85. The van der Waals surface area contributed by atoms with Gasteiger partial charge in [0.1, 0.15) is 0 Å². The Labute approximate surface area is 87.3 Å². The molecule has 1 aliphatic heterocycles. The van der Waals surface area contributed by atoms with E-state index in [2.05, 4.69) is 18.9 Å². The van der Waals surface area contributed by atoms with E-state index in [1.165, 1.54) is 25.7 Å².